The number of ether oxygens (including phenoxy) is 2. The first-order valence-corrected chi connectivity index (χ1v) is 8.48. The first-order valence-electron chi connectivity index (χ1n) is 8.48. The molecule has 1 N–H and O–H groups in total. The molecule has 1 aromatic carbocycles. The van der Waals surface area contributed by atoms with Crippen molar-refractivity contribution < 1.29 is 14.6 Å². The van der Waals surface area contributed by atoms with Crippen LogP contribution in [0.5, 0.6) is 5.75 Å². The zero-order valence-electron chi connectivity index (χ0n) is 14.4. The van der Waals surface area contributed by atoms with Gasteiger partial charge in [0.2, 0.25) is 0 Å². The summed E-state index contributed by atoms with van der Waals surface area (Å²) in [5.41, 5.74) is 1.73. The molecule has 0 spiro atoms. The van der Waals surface area contributed by atoms with E-state index in [1.165, 1.54) is 0 Å². The van der Waals surface area contributed by atoms with E-state index in [9.17, 15) is 5.11 Å². The van der Waals surface area contributed by atoms with Gasteiger partial charge in [0.05, 0.1) is 25.3 Å². The van der Waals surface area contributed by atoms with E-state index in [1.807, 2.05) is 30.3 Å². The van der Waals surface area contributed by atoms with Crippen LogP contribution >= 0.6 is 0 Å². The van der Waals surface area contributed by atoms with Gasteiger partial charge in [0.15, 0.2) is 0 Å². The number of nitrogens with zero attached hydrogens (tertiary/aromatic N) is 1. The molecular weight excluding hydrogens is 302 g/mol. The molecule has 1 fully saturated rings. The minimum Gasteiger partial charge on any atom is -0.497 e. The monoisotopic (exact) mass is 327 g/mol. The topological polar surface area (TPSA) is 51.6 Å². The third kappa shape index (κ3) is 3.04. The van der Waals surface area contributed by atoms with Gasteiger partial charge < -0.3 is 14.6 Å². The highest BCUT2D eigenvalue weighted by atomic mass is 16.5. The fourth-order valence-electron chi connectivity index (χ4n) is 3.42. The number of aliphatic hydroxyl groups excluding tert-OH is 1. The number of benzene rings is 1. The van der Waals surface area contributed by atoms with Crippen molar-refractivity contribution in [1.29, 1.82) is 0 Å². The van der Waals surface area contributed by atoms with Crippen LogP contribution in [0.15, 0.2) is 43.1 Å². The van der Waals surface area contributed by atoms with Gasteiger partial charge in [0.25, 0.3) is 0 Å². The van der Waals surface area contributed by atoms with Gasteiger partial charge in [0.1, 0.15) is 11.9 Å². The summed E-state index contributed by atoms with van der Waals surface area (Å²) in [7, 11) is 1.64. The van der Waals surface area contributed by atoms with Crippen LogP contribution in [-0.2, 0) is 4.74 Å². The van der Waals surface area contributed by atoms with Gasteiger partial charge in [-0.2, -0.15) is 0 Å². The zero-order valence-corrected chi connectivity index (χ0v) is 14.4. The summed E-state index contributed by atoms with van der Waals surface area (Å²) in [6.07, 6.45) is 5.66. The number of pyridine rings is 1. The Morgan fingerprint density at radius 2 is 2.33 bits per heavy atom. The maximum absolute atomic E-state index is 10.9. The Labute approximate surface area is 143 Å². The van der Waals surface area contributed by atoms with Crippen LogP contribution < -0.4 is 4.74 Å². The SMILES string of the molecule is C=C[C@@]1(CC)CC[C@H]([C@@H](O)c2ccnc3ccc(OC)cc23)OC1. The van der Waals surface area contributed by atoms with Crippen molar-refractivity contribution in [2.75, 3.05) is 13.7 Å². The number of hydrogen-bond donors (Lipinski definition) is 1. The van der Waals surface area contributed by atoms with Crippen LogP contribution in [0.4, 0.5) is 0 Å². The Morgan fingerprint density at radius 1 is 1.50 bits per heavy atom. The third-order valence-electron chi connectivity index (χ3n) is 5.30. The Hall–Kier alpha value is -1.91. The van der Waals surface area contributed by atoms with E-state index in [1.54, 1.807) is 13.3 Å². The molecular formula is C20H25NO3. The lowest BCUT2D eigenvalue weighted by atomic mass is 9.78. The van der Waals surface area contributed by atoms with Crippen molar-refractivity contribution in [2.24, 2.45) is 5.41 Å². The normalized spacial score (nSPS) is 25.4. The van der Waals surface area contributed by atoms with Crippen LogP contribution in [0.3, 0.4) is 0 Å². The molecule has 4 nitrogen and oxygen atoms in total. The number of hydrogen-bond acceptors (Lipinski definition) is 4. The van der Waals surface area contributed by atoms with Crippen LogP contribution in [-0.4, -0.2) is 29.9 Å². The van der Waals surface area contributed by atoms with Crippen LogP contribution in [0.1, 0.15) is 37.9 Å². The summed E-state index contributed by atoms with van der Waals surface area (Å²) in [5.74, 6) is 0.755. The fourth-order valence-corrected chi connectivity index (χ4v) is 3.42. The molecule has 0 radical (unpaired) electrons. The van der Waals surface area contributed by atoms with Crippen molar-refractivity contribution >= 4 is 10.9 Å². The minimum absolute atomic E-state index is 0.0414. The van der Waals surface area contributed by atoms with E-state index < -0.39 is 6.10 Å². The Morgan fingerprint density at radius 3 is 2.96 bits per heavy atom. The molecule has 0 bridgehead atoms. The van der Waals surface area contributed by atoms with Crippen LogP contribution in [0, 0.1) is 5.41 Å². The molecule has 1 aliphatic rings. The molecule has 24 heavy (non-hydrogen) atoms. The number of aromatic nitrogens is 1. The summed E-state index contributed by atoms with van der Waals surface area (Å²) in [6, 6.07) is 7.57. The number of rotatable bonds is 5. The van der Waals surface area contributed by atoms with Gasteiger partial charge in [-0.15, -0.1) is 6.58 Å². The molecule has 4 heteroatoms. The Bertz CT molecular complexity index is 720. The quantitative estimate of drug-likeness (QED) is 0.842. The molecule has 1 aliphatic heterocycles. The molecule has 2 aromatic rings. The highest BCUT2D eigenvalue weighted by molar-refractivity contribution is 5.83. The van der Waals surface area contributed by atoms with Crippen molar-refractivity contribution in [3.05, 3.63) is 48.7 Å². The predicted molar refractivity (Wildman–Crippen MR) is 95.1 cm³/mol. The molecule has 0 saturated carbocycles. The number of aliphatic hydroxyl groups is 1. The molecule has 1 saturated heterocycles. The van der Waals surface area contributed by atoms with Gasteiger partial charge in [-0.25, -0.2) is 0 Å². The van der Waals surface area contributed by atoms with E-state index in [0.29, 0.717) is 6.61 Å². The second kappa shape index (κ2) is 6.91. The van der Waals surface area contributed by atoms with Gasteiger partial charge >= 0.3 is 0 Å². The first-order chi connectivity index (χ1) is 11.6. The third-order valence-corrected chi connectivity index (χ3v) is 5.30. The van der Waals surface area contributed by atoms with Gasteiger partial charge in [-0.3, -0.25) is 4.98 Å². The van der Waals surface area contributed by atoms with Crippen molar-refractivity contribution in [3.8, 4) is 5.75 Å². The lowest BCUT2D eigenvalue weighted by Crippen LogP contribution is -2.37. The number of fused-ring (bicyclic) bond motifs is 1. The maximum atomic E-state index is 10.9. The Kier molecular flexibility index (Phi) is 4.88. The lowest BCUT2D eigenvalue weighted by Gasteiger charge is -2.39. The molecule has 2 heterocycles. The first kappa shape index (κ1) is 16.9. The van der Waals surface area contributed by atoms with Gasteiger partial charge in [0, 0.05) is 17.0 Å². The van der Waals surface area contributed by atoms with Crippen molar-refractivity contribution in [3.63, 3.8) is 0 Å². The highest BCUT2D eigenvalue weighted by Crippen LogP contribution is 2.39. The van der Waals surface area contributed by atoms with Crippen LogP contribution in [0.25, 0.3) is 10.9 Å². The predicted octanol–water partition coefficient (Wildman–Crippen LogP) is 4.04. The molecule has 1 aromatic heterocycles. The summed E-state index contributed by atoms with van der Waals surface area (Å²) < 4.78 is 11.3. The highest BCUT2D eigenvalue weighted by Gasteiger charge is 2.35. The summed E-state index contributed by atoms with van der Waals surface area (Å²) in [5, 5.41) is 11.8. The second-order valence-electron chi connectivity index (χ2n) is 6.54. The van der Waals surface area contributed by atoms with E-state index in [2.05, 4.69) is 18.5 Å². The van der Waals surface area contributed by atoms with E-state index in [4.69, 9.17) is 9.47 Å². The van der Waals surface area contributed by atoms with Crippen molar-refractivity contribution in [2.45, 2.75) is 38.4 Å². The Balaban J connectivity index is 1.87. The molecule has 128 valence electrons. The summed E-state index contributed by atoms with van der Waals surface area (Å²) >= 11 is 0. The average molecular weight is 327 g/mol. The van der Waals surface area contributed by atoms with E-state index >= 15 is 0 Å². The average Bonchev–Trinajstić information content (AvgIpc) is 2.66. The largest absolute Gasteiger partial charge is 0.497 e. The molecule has 0 unspecified atom stereocenters. The molecule has 3 atom stereocenters. The minimum atomic E-state index is -0.678. The van der Waals surface area contributed by atoms with E-state index in [-0.39, 0.29) is 11.5 Å². The molecule has 3 rings (SSSR count). The van der Waals surface area contributed by atoms with Gasteiger partial charge in [-0.1, -0.05) is 13.0 Å². The maximum Gasteiger partial charge on any atom is 0.119 e. The fraction of sp³-hybridized carbons (Fsp3) is 0.450. The zero-order chi connectivity index (χ0) is 17.2. The smallest absolute Gasteiger partial charge is 0.119 e. The number of methoxy groups -OCH3 is 1. The standard InChI is InChI=1S/C20H25NO3/c1-4-20(5-2)10-8-18(24-13-20)19(22)15-9-11-21-17-7-6-14(23-3)12-16(15)17/h4,6-7,9,11-12,18-19,22H,1,5,8,10,13H2,2-3H3/t18-,19+,20-/m1/s1. The second-order valence-corrected chi connectivity index (χ2v) is 6.54. The summed E-state index contributed by atoms with van der Waals surface area (Å²) in [4.78, 5) is 4.37. The summed E-state index contributed by atoms with van der Waals surface area (Å²) in [6.45, 7) is 6.72. The van der Waals surface area contributed by atoms with Crippen LogP contribution in [0.2, 0.25) is 0 Å². The molecule has 0 amide bonds. The van der Waals surface area contributed by atoms with E-state index in [0.717, 1.165) is 41.5 Å². The van der Waals surface area contributed by atoms with Gasteiger partial charge in [-0.05, 0) is 49.1 Å². The molecule has 0 aliphatic carbocycles. The van der Waals surface area contributed by atoms with Crippen molar-refractivity contribution in [1.82, 2.24) is 4.98 Å². The lowest BCUT2D eigenvalue weighted by molar-refractivity contribution is -0.100.